The minimum atomic E-state index is -0.338. The van der Waals surface area contributed by atoms with Crippen LogP contribution in [0, 0.1) is 0 Å². The summed E-state index contributed by atoms with van der Waals surface area (Å²) in [5, 5.41) is 6.83. The molecular formula is C23H22N4O3. The summed E-state index contributed by atoms with van der Waals surface area (Å²) in [4.78, 5) is 27.9. The Kier molecular flexibility index (Phi) is 7.27. The number of aromatic nitrogens is 1. The summed E-state index contributed by atoms with van der Waals surface area (Å²) in [6.07, 6.45) is 4.58. The fourth-order valence-electron chi connectivity index (χ4n) is 2.63. The molecule has 0 saturated heterocycles. The molecule has 2 aromatic carbocycles. The highest BCUT2D eigenvalue weighted by Gasteiger charge is 2.09. The monoisotopic (exact) mass is 402 g/mol. The molecule has 3 aromatic rings. The number of carbonyl (C=O) groups is 2. The number of benzene rings is 2. The average Bonchev–Trinajstić information content (AvgIpc) is 2.79. The molecule has 0 aliphatic rings. The van der Waals surface area contributed by atoms with Crippen molar-refractivity contribution >= 4 is 18.0 Å². The van der Waals surface area contributed by atoms with Gasteiger partial charge in [-0.2, -0.15) is 5.10 Å². The van der Waals surface area contributed by atoms with Gasteiger partial charge in [0.15, 0.2) is 6.61 Å². The summed E-state index contributed by atoms with van der Waals surface area (Å²) in [6.45, 7) is 1.85. The number of amides is 2. The molecule has 2 N–H and O–H groups in total. The van der Waals surface area contributed by atoms with E-state index in [1.54, 1.807) is 42.6 Å². The second-order valence-corrected chi connectivity index (χ2v) is 6.50. The number of hydrazone groups is 1. The van der Waals surface area contributed by atoms with Gasteiger partial charge in [0.2, 0.25) is 0 Å². The van der Waals surface area contributed by atoms with Gasteiger partial charge in [-0.1, -0.05) is 30.3 Å². The zero-order valence-electron chi connectivity index (χ0n) is 16.5. The third-order valence-electron chi connectivity index (χ3n) is 4.23. The quantitative estimate of drug-likeness (QED) is 0.447. The van der Waals surface area contributed by atoms with Crippen LogP contribution in [-0.2, 0) is 4.79 Å². The lowest BCUT2D eigenvalue weighted by Gasteiger charge is -2.14. The SMILES string of the molecule is C[C@H](NC(=O)COc1ccc(/C=N\NC(=O)c2cccnc2)cc1)c1ccccc1. The molecule has 0 saturated carbocycles. The Morgan fingerprint density at radius 1 is 1.07 bits per heavy atom. The van der Waals surface area contributed by atoms with Crippen molar-refractivity contribution in [3.05, 3.63) is 95.8 Å². The van der Waals surface area contributed by atoms with Gasteiger partial charge in [0.25, 0.3) is 11.8 Å². The lowest BCUT2D eigenvalue weighted by molar-refractivity contribution is -0.123. The maximum atomic E-state index is 12.1. The van der Waals surface area contributed by atoms with Gasteiger partial charge < -0.3 is 10.1 Å². The number of nitrogens with one attached hydrogen (secondary N) is 2. The molecule has 0 bridgehead atoms. The van der Waals surface area contributed by atoms with Gasteiger partial charge in [0, 0.05) is 12.4 Å². The molecule has 2 amide bonds. The van der Waals surface area contributed by atoms with Crippen LogP contribution in [-0.4, -0.2) is 29.6 Å². The average molecular weight is 402 g/mol. The van der Waals surface area contributed by atoms with Crippen LogP contribution in [0.3, 0.4) is 0 Å². The Morgan fingerprint density at radius 2 is 1.83 bits per heavy atom. The van der Waals surface area contributed by atoms with E-state index in [1.807, 2.05) is 37.3 Å². The van der Waals surface area contributed by atoms with Crippen LogP contribution < -0.4 is 15.5 Å². The van der Waals surface area contributed by atoms with Crippen LogP contribution in [0.1, 0.15) is 34.5 Å². The minimum Gasteiger partial charge on any atom is -0.484 e. The van der Waals surface area contributed by atoms with Crippen molar-refractivity contribution in [3.8, 4) is 5.75 Å². The van der Waals surface area contributed by atoms with Crippen molar-refractivity contribution in [1.29, 1.82) is 0 Å². The maximum absolute atomic E-state index is 12.1. The largest absolute Gasteiger partial charge is 0.484 e. The molecule has 1 aromatic heterocycles. The lowest BCUT2D eigenvalue weighted by Crippen LogP contribution is -2.31. The summed E-state index contributed by atoms with van der Waals surface area (Å²) >= 11 is 0. The molecule has 0 radical (unpaired) electrons. The first-order chi connectivity index (χ1) is 14.6. The fraction of sp³-hybridized carbons (Fsp3) is 0.130. The molecule has 3 rings (SSSR count). The zero-order valence-corrected chi connectivity index (χ0v) is 16.5. The number of rotatable bonds is 8. The Hall–Kier alpha value is -4.00. The van der Waals surface area contributed by atoms with Crippen LogP contribution in [0.2, 0.25) is 0 Å². The predicted octanol–water partition coefficient (Wildman–Crippen LogP) is 3.10. The highest BCUT2D eigenvalue weighted by molar-refractivity contribution is 5.94. The molecule has 1 atom stereocenters. The van der Waals surface area contributed by atoms with Crippen molar-refractivity contribution in [2.45, 2.75) is 13.0 Å². The Labute approximate surface area is 174 Å². The topological polar surface area (TPSA) is 92.7 Å². The van der Waals surface area contributed by atoms with Gasteiger partial charge in [-0.15, -0.1) is 0 Å². The number of hydrogen-bond donors (Lipinski definition) is 2. The van der Waals surface area contributed by atoms with E-state index in [0.29, 0.717) is 11.3 Å². The first-order valence-electron chi connectivity index (χ1n) is 9.42. The van der Waals surface area contributed by atoms with E-state index in [9.17, 15) is 9.59 Å². The van der Waals surface area contributed by atoms with Crippen molar-refractivity contribution < 1.29 is 14.3 Å². The minimum absolute atomic E-state index is 0.0776. The van der Waals surface area contributed by atoms with Gasteiger partial charge in [-0.3, -0.25) is 14.6 Å². The van der Waals surface area contributed by atoms with E-state index >= 15 is 0 Å². The molecule has 0 aliphatic heterocycles. The number of hydrogen-bond acceptors (Lipinski definition) is 5. The van der Waals surface area contributed by atoms with Crippen LogP contribution in [0.5, 0.6) is 5.75 Å². The molecule has 152 valence electrons. The van der Waals surface area contributed by atoms with Crippen LogP contribution >= 0.6 is 0 Å². The lowest BCUT2D eigenvalue weighted by atomic mass is 10.1. The van der Waals surface area contributed by atoms with Gasteiger partial charge in [-0.05, 0) is 54.4 Å². The summed E-state index contributed by atoms with van der Waals surface area (Å²) < 4.78 is 5.53. The summed E-state index contributed by atoms with van der Waals surface area (Å²) in [5.41, 5.74) is 4.68. The molecule has 0 spiro atoms. The Bertz CT molecular complexity index is 990. The molecule has 7 nitrogen and oxygen atoms in total. The van der Waals surface area contributed by atoms with Crippen molar-refractivity contribution in [3.63, 3.8) is 0 Å². The van der Waals surface area contributed by atoms with Gasteiger partial charge >= 0.3 is 0 Å². The first-order valence-corrected chi connectivity index (χ1v) is 9.42. The highest BCUT2D eigenvalue weighted by Crippen LogP contribution is 2.13. The zero-order chi connectivity index (χ0) is 21.2. The molecule has 30 heavy (non-hydrogen) atoms. The maximum Gasteiger partial charge on any atom is 0.272 e. The molecule has 0 fully saturated rings. The third-order valence-corrected chi connectivity index (χ3v) is 4.23. The van der Waals surface area contributed by atoms with Gasteiger partial charge in [0.1, 0.15) is 5.75 Å². The summed E-state index contributed by atoms with van der Waals surface area (Å²) in [7, 11) is 0. The number of ether oxygens (including phenoxy) is 1. The van der Waals surface area contributed by atoms with Crippen LogP contribution in [0.4, 0.5) is 0 Å². The molecule has 1 heterocycles. The summed E-state index contributed by atoms with van der Waals surface area (Å²) in [5.74, 6) is 0.0270. The highest BCUT2D eigenvalue weighted by atomic mass is 16.5. The van der Waals surface area contributed by atoms with Gasteiger partial charge in [0.05, 0.1) is 17.8 Å². The number of nitrogens with zero attached hydrogens (tertiary/aromatic N) is 2. The molecule has 0 aliphatic carbocycles. The first kappa shape index (κ1) is 20.7. The van der Waals surface area contributed by atoms with Crippen molar-refractivity contribution in [1.82, 2.24) is 15.7 Å². The molecule has 0 unspecified atom stereocenters. The molecule has 7 heteroatoms. The summed E-state index contributed by atoms with van der Waals surface area (Å²) in [6, 6.07) is 20.0. The fourth-order valence-corrected chi connectivity index (χ4v) is 2.63. The predicted molar refractivity (Wildman–Crippen MR) is 114 cm³/mol. The van der Waals surface area contributed by atoms with Gasteiger partial charge in [-0.25, -0.2) is 5.43 Å². The van der Waals surface area contributed by atoms with Crippen molar-refractivity contribution in [2.24, 2.45) is 5.10 Å². The van der Waals surface area contributed by atoms with E-state index in [1.165, 1.54) is 12.4 Å². The van der Waals surface area contributed by atoms with E-state index in [2.05, 4.69) is 20.8 Å². The van der Waals surface area contributed by atoms with Crippen molar-refractivity contribution in [2.75, 3.05) is 6.61 Å². The Morgan fingerprint density at radius 3 is 2.53 bits per heavy atom. The van der Waals surface area contributed by atoms with E-state index in [0.717, 1.165) is 11.1 Å². The number of pyridine rings is 1. The smallest absolute Gasteiger partial charge is 0.272 e. The number of carbonyl (C=O) groups excluding carboxylic acids is 2. The Balaban J connectivity index is 1.44. The van der Waals surface area contributed by atoms with E-state index in [-0.39, 0.29) is 24.5 Å². The standard InChI is InChI=1S/C23H22N4O3/c1-17(19-6-3-2-4-7-19)26-22(28)16-30-21-11-9-18(10-12-21)14-25-27-23(29)20-8-5-13-24-15-20/h2-15,17H,16H2,1H3,(H,26,28)(H,27,29)/b25-14-/t17-/m0/s1. The van der Waals surface area contributed by atoms with E-state index in [4.69, 9.17) is 4.74 Å². The van der Waals surface area contributed by atoms with E-state index < -0.39 is 0 Å². The van der Waals surface area contributed by atoms with Crippen LogP contribution in [0.15, 0.2) is 84.2 Å². The normalized spacial score (nSPS) is 11.6. The molecular weight excluding hydrogens is 380 g/mol. The van der Waals surface area contributed by atoms with Crippen LogP contribution in [0.25, 0.3) is 0 Å². The second kappa shape index (κ2) is 10.5. The third kappa shape index (κ3) is 6.27. The second-order valence-electron chi connectivity index (χ2n) is 6.50.